The minimum absolute atomic E-state index is 0.138. The zero-order valence-electron chi connectivity index (χ0n) is 19.9. The summed E-state index contributed by atoms with van der Waals surface area (Å²) in [6, 6.07) is 11.5. The van der Waals surface area contributed by atoms with Crippen LogP contribution < -0.4 is 10.1 Å². The van der Waals surface area contributed by atoms with Crippen LogP contribution in [0.4, 0.5) is 11.4 Å². The van der Waals surface area contributed by atoms with Crippen LogP contribution in [0.5, 0.6) is 5.75 Å². The van der Waals surface area contributed by atoms with E-state index in [4.69, 9.17) is 16.3 Å². The molecule has 0 radical (unpaired) electrons. The van der Waals surface area contributed by atoms with E-state index in [1.165, 1.54) is 37.1 Å². The number of nitrogens with zero attached hydrogens (tertiary/aromatic N) is 4. The number of anilines is 1. The molecule has 0 aliphatic carbocycles. The van der Waals surface area contributed by atoms with Crippen molar-refractivity contribution in [1.82, 2.24) is 14.8 Å². The Morgan fingerprint density at radius 3 is 2.60 bits per heavy atom. The molecule has 1 heterocycles. The van der Waals surface area contributed by atoms with Gasteiger partial charge in [-0.2, -0.15) is 0 Å². The van der Waals surface area contributed by atoms with Gasteiger partial charge in [0.05, 0.1) is 23.0 Å². The van der Waals surface area contributed by atoms with Crippen LogP contribution in [0.25, 0.3) is 11.4 Å². The number of nitro benzene ring substituents is 1. The summed E-state index contributed by atoms with van der Waals surface area (Å²) in [7, 11) is 1.44. The minimum atomic E-state index is -0.546. The molecule has 1 amide bonds. The zero-order valence-corrected chi connectivity index (χ0v) is 21.4. The van der Waals surface area contributed by atoms with Gasteiger partial charge in [-0.25, -0.2) is 0 Å². The molecule has 0 aliphatic rings. The number of nitro groups is 1. The second-order valence-corrected chi connectivity index (χ2v) is 9.66. The minimum Gasteiger partial charge on any atom is -0.495 e. The molecule has 1 atom stereocenters. The van der Waals surface area contributed by atoms with E-state index in [-0.39, 0.29) is 17.3 Å². The standard InChI is InChI=1S/C24H28ClN5O4S/c1-4-5-6-7-14-29-22(17-8-10-18(25)11-9-17)27-28-24(29)35-16(2)23(31)26-20-15-19(30(32)33)12-13-21(20)34-3/h8-13,15-16H,4-7,14H2,1-3H3,(H,26,31). The fraction of sp³-hybridized carbons (Fsp3) is 0.375. The van der Waals surface area contributed by atoms with E-state index in [9.17, 15) is 14.9 Å². The zero-order chi connectivity index (χ0) is 25.4. The van der Waals surface area contributed by atoms with Gasteiger partial charge in [-0.05, 0) is 43.7 Å². The summed E-state index contributed by atoms with van der Waals surface area (Å²) in [5.74, 6) is 0.723. The number of thioether (sulfide) groups is 1. The summed E-state index contributed by atoms with van der Waals surface area (Å²) in [5, 5.41) is 23.4. The molecule has 9 nitrogen and oxygen atoms in total. The number of nitrogens with one attached hydrogen (secondary N) is 1. The van der Waals surface area contributed by atoms with Crippen molar-refractivity contribution >= 4 is 40.6 Å². The van der Waals surface area contributed by atoms with Crippen molar-refractivity contribution in [3.63, 3.8) is 0 Å². The Hall–Kier alpha value is -3.11. The third-order valence-corrected chi connectivity index (χ3v) is 6.69. The van der Waals surface area contributed by atoms with Crippen molar-refractivity contribution in [3.05, 3.63) is 57.6 Å². The summed E-state index contributed by atoms with van der Waals surface area (Å²) in [4.78, 5) is 23.6. The number of carbonyl (C=O) groups is 1. The van der Waals surface area contributed by atoms with E-state index in [2.05, 4.69) is 22.4 Å². The van der Waals surface area contributed by atoms with E-state index in [1.807, 2.05) is 28.8 Å². The van der Waals surface area contributed by atoms with Crippen LogP contribution in [0.3, 0.4) is 0 Å². The first kappa shape index (κ1) is 26.5. The predicted octanol–water partition coefficient (Wildman–Crippen LogP) is 6.21. The van der Waals surface area contributed by atoms with Gasteiger partial charge >= 0.3 is 0 Å². The van der Waals surface area contributed by atoms with E-state index in [1.54, 1.807) is 6.92 Å². The lowest BCUT2D eigenvalue weighted by atomic mass is 10.2. The van der Waals surface area contributed by atoms with Gasteiger partial charge in [-0.1, -0.05) is 49.5 Å². The van der Waals surface area contributed by atoms with Gasteiger partial charge in [0.2, 0.25) is 5.91 Å². The van der Waals surface area contributed by atoms with Gasteiger partial charge in [0.25, 0.3) is 5.69 Å². The number of carbonyl (C=O) groups excluding carboxylic acids is 1. The average molecular weight is 518 g/mol. The van der Waals surface area contributed by atoms with Crippen molar-refractivity contribution in [3.8, 4) is 17.1 Å². The molecule has 11 heteroatoms. The van der Waals surface area contributed by atoms with Crippen molar-refractivity contribution in [2.75, 3.05) is 12.4 Å². The largest absolute Gasteiger partial charge is 0.495 e. The topological polar surface area (TPSA) is 112 Å². The Bertz CT molecular complexity index is 1170. The van der Waals surface area contributed by atoms with Crippen molar-refractivity contribution in [1.29, 1.82) is 0 Å². The van der Waals surface area contributed by atoms with Gasteiger partial charge < -0.3 is 14.6 Å². The molecule has 3 rings (SSSR count). The number of ether oxygens (including phenoxy) is 1. The van der Waals surface area contributed by atoms with Crippen LogP contribution in [-0.2, 0) is 11.3 Å². The number of halogens is 1. The highest BCUT2D eigenvalue weighted by Gasteiger charge is 2.22. The SMILES string of the molecule is CCCCCCn1c(SC(C)C(=O)Nc2cc([N+](=O)[O-])ccc2OC)nnc1-c1ccc(Cl)cc1. The number of unbranched alkanes of at least 4 members (excludes halogenated alkanes) is 3. The summed E-state index contributed by atoms with van der Waals surface area (Å²) >= 11 is 7.32. The Morgan fingerprint density at radius 1 is 1.20 bits per heavy atom. The molecule has 3 aromatic rings. The van der Waals surface area contributed by atoms with Crippen LogP contribution in [0.15, 0.2) is 47.6 Å². The number of methoxy groups -OCH3 is 1. The Morgan fingerprint density at radius 2 is 1.94 bits per heavy atom. The molecule has 186 valence electrons. The first-order chi connectivity index (χ1) is 16.8. The van der Waals surface area contributed by atoms with Crippen LogP contribution in [0, 0.1) is 10.1 Å². The molecule has 2 aromatic carbocycles. The summed E-state index contributed by atoms with van der Waals surface area (Å²) < 4.78 is 7.27. The van der Waals surface area contributed by atoms with Crippen LogP contribution >= 0.6 is 23.4 Å². The van der Waals surface area contributed by atoms with Gasteiger partial charge in [-0.3, -0.25) is 14.9 Å². The lowest BCUT2D eigenvalue weighted by Crippen LogP contribution is -2.23. The van der Waals surface area contributed by atoms with Gasteiger partial charge in [0.15, 0.2) is 11.0 Å². The summed E-state index contributed by atoms with van der Waals surface area (Å²) in [5.41, 5.74) is 0.991. The maximum Gasteiger partial charge on any atom is 0.271 e. The average Bonchev–Trinajstić information content (AvgIpc) is 3.24. The number of rotatable bonds is 12. The molecule has 1 unspecified atom stereocenters. The number of amides is 1. The maximum atomic E-state index is 13.0. The number of benzene rings is 2. The monoisotopic (exact) mass is 517 g/mol. The third-order valence-electron chi connectivity index (χ3n) is 5.36. The number of hydrogen-bond donors (Lipinski definition) is 1. The second-order valence-electron chi connectivity index (χ2n) is 7.92. The number of non-ortho nitro benzene ring substituents is 1. The maximum absolute atomic E-state index is 13.0. The third kappa shape index (κ3) is 6.95. The van der Waals surface area contributed by atoms with Gasteiger partial charge in [-0.15, -0.1) is 10.2 Å². The molecule has 0 saturated carbocycles. The highest BCUT2D eigenvalue weighted by atomic mass is 35.5. The first-order valence-electron chi connectivity index (χ1n) is 11.3. The van der Waals surface area contributed by atoms with E-state index in [0.29, 0.717) is 21.8 Å². The summed E-state index contributed by atoms with van der Waals surface area (Å²) in [6.45, 7) is 4.64. The normalized spacial score (nSPS) is 11.8. The smallest absolute Gasteiger partial charge is 0.271 e. The Kier molecular flexibility index (Phi) is 9.50. The molecular weight excluding hydrogens is 490 g/mol. The highest BCUT2D eigenvalue weighted by Crippen LogP contribution is 2.32. The number of aromatic nitrogens is 3. The fourth-order valence-corrected chi connectivity index (χ4v) is 4.44. The van der Waals surface area contributed by atoms with Crippen molar-refractivity contribution in [2.24, 2.45) is 0 Å². The molecule has 0 bridgehead atoms. The lowest BCUT2D eigenvalue weighted by Gasteiger charge is -2.15. The Labute approximate surface area is 213 Å². The molecule has 1 N–H and O–H groups in total. The highest BCUT2D eigenvalue weighted by molar-refractivity contribution is 8.00. The molecular formula is C24H28ClN5O4S. The number of hydrogen-bond acceptors (Lipinski definition) is 7. The van der Waals surface area contributed by atoms with E-state index in [0.717, 1.165) is 37.8 Å². The second kappa shape index (κ2) is 12.6. The van der Waals surface area contributed by atoms with E-state index >= 15 is 0 Å². The van der Waals surface area contributed by atoms with Crippen LogP contribution in [0.1, 0.15) is 39.5 Å². The van der Waals surface area contributed by atoms with Crippen molar-refractivity contribution < 1.29 is 14.5 Å². The lowest BCUT2D eigenvalue weighted by molar-refractivity contribution is -0.384. The fourth-order valence-electron chi connectivity index (χ4n) is 3.44. The Balaban J connectivity index is 1.80. The predicted molar refractivity (Wildman–Crippen MR) is 138 cm³/mol. The van der Waals surface area contributed by atoms with Crippen molar-refractivity contribution in [2.45, 2.75) is 56.5 Å². The van der Waals surface area contributed by atoms with Crippen LogP contribution in [-0.4, -0.2) is 38.0 Å². The van der Waals surface area contributed by atoms with Gasteiger partial charge in [0, 0.05) is 29.3 Å². The first-order valence-corrected chi connectivity index (χ1v) is 12.6. The summed E-state index contributed by atoms with van der Waals surface area (Å²) in [6.07, 6.45) is 4.32. The quantitative estimate of drug-likeness (QED) is 0.131. The molecule has 0 aliphatic heterocycles. The molecule has 35 heavy (non-hydrogen) atoms. The molecule has 0 saturated heterocycles. The van der Waals surface area contributed by atoms with E-state index < -0.39 is 10.2 Å². The molecule has 1 aromatic heterocycles. The van der Waals surface area contributed by atoms with Gasteiger partial charge in [0.1, 0.15) is 5.75 Å². The molecule has 0 spiro atoms. The van der Waals surface area contributed by atoms with Crippen LogP contribution in [0.2, 0.25) is 5.02 Å². The molecule has 0 fully saturated rings.